The maximum Gasteiger partial charge on any atom is 0.228 e. The molecule has 0 radical (unpaired) electrons. The molecule has 5 nitrogen and oxygen atoms in total. The van der Waals surface area contributed by atoms with Crippen LogP contribution in [0.1, 0.15) is 12.5 Å². The van der Waals surface area contributed by atoms with Gasteiger partial charge in [0.05, 0.1) is 6.42 Å². The third kappa shape index (κ3) is 5.01. The molecule has 1 aromatic carbocycles. The van der Waals surface area contributed by atoms with E-state index in [4.69, 9.17) is 0 Å². The first-order valence-corrected chi connectivity index (χ1v) is 6.68. The zero-order valence-electron chi connectivity index (χ0n) is 12.6. The van der Waals surface area contributed by atoms with Gasteiger partial charge in [0.2, 0.25) is 11.8 Å². The number of benzene rings is 1. The Hall–Kier alpha value is -1.88. The van der Waals surface area contributed by atoms with Gasteiger partial charge in [-0.3, -0.25) is 9.59 Å². The van der Waals surface area contributed by atoms with E-state index >= 15 is 0 Å². The van der Waals surface area contributed by atoms with E-state index in [0.29, 0.717) is 13.0 Å². The molecule has 5 heteroatoms. The predicted octanol–water partition coefficient (Wildman–Crippen LogP) is 1.11. The van der Waals surface area contributed by atoms with Crippen molar-refractivity contribution in [3.05, 3.63) is 29.8 Å². The third-order valence-corrected chi connectivity index (χ3v) is 3.03. The van der Waals surface area contributed by atoms with Gasteiger partial charge in [-0.05, 0) is 24.7 Å². The average Bonchev–Trinajstić information content (AvgIpc) is 2.41. The number of carbonyl (C=O) groups is 2. The molecule has 110 valence electrons. The lowest BCUT2D eigenvalue weighted by molar-refractivity contribution is -0.128. The van der Waals surface area contributed by atoms with Crippen molar-refractivity contribution in [1.29, 1.82) is 0 Å². The number of hydrogen-bond acceptors (Lipinski definition) is 3. The number of carbonyl (C=O) groups excluding carboxylic acids is 2. The van der Waals surface area contributed by atoms with Crippen molar-refractivity contribution < 1.29 is 9.59 Å². The molecule has 2 amide bonds. The summed E-state index contributed by atoms with van der Waals surface area (Å²) < 4.78 is 0. The normalized spacial score (nSPS) is 11.8. The Bertz CT molecular complexity index is 455. The topological polar surface area (TPSA) is 61.4 Å². The Morgan fingerprint density at radius 3 is 2.30 bits per heavy atom. The highest BCUT2D eigenvalue weighted by atomic mass is 16.2. The lowest BCUT2D eigenvalue weighted by atomic mass is 10.1. The van der Waals surface area contributed by atoms with Crippen molar-refractivity contribution in [2.45, 2.75) is 13.3 Å². The minimum absolute atomic E-state index is 0.0172. The second kappa shape index (κ2) is 7.65. The van der Waals surface area contributed by atoms with Gasteiger partial charge in [0.1, 0.15) is 0 Å². The van der Waals surface area contributed by atoms with Crippen LogP contribution >= 0.6 is 0 Å². The highest BCUT2D eigenvalue weighted by molar-refractivity contribution is 5.92. The Kier molecular flexibility index (Phi) is 6.18. The molecule has 0 aromatic heterocycles. The van der Waals surface area contributed by atoms with Gasteiger partial charge in [0, 0.05) is 32.2 Å². The largest absolute Gasteiger partial charge is 0.349 e. The molecule has 0 aliphatic rings. The van der Waals surface area contributed by atoms with E-state index in [-0.39, 0.29) is 17.7 Å². The van der Waals surface area contributed by atoms with Crippen LogP contribution in [0.25, 0.3) is 0 Å². The lowest BCUT2D eigenvalue weighted by Crippen LogP contribution is -2.28. The molecule has 0 bridgehead atoms. The number of anilines is 1. The molecule has 0 aliphatic carbocycles. The maximum absolute atomic E-state index is 11.8. The van der Waals surface area contributed by atoms with Gasteiger partial charge in [0.25, 0.3) is 0 Å². The van der Waals surface area contributed by atoms with Gasteiger partial charge in [-0.15, -0.1) is 0 Å². The number of rotatable bonds is 6. The maximum atomic E-state index is 11.8. The highest BCUT2D eigenvalue weighted by Gasteiger charge is 2.12. The predicted molar refractivity (Wildman–Crippen MR) is 80.6 cm³/mol. The van der Waals surface area contributed by atoms with Crippen LogP contribution in [0.5, 0.6) is 0 Å². The fourth-order valence-electron chi connectivity index (χ4n) is 1.70. The summed E-state index contributed by atoms with van der Waals surface area (Å²) >= 11 is 0. The van der Waals surface area contributed by atoms with Crippen molar-refractivity contribution in [3.8, 4) is 0 Å². The molecule has 0 aliphatic heterocycles. The van der Waals surface area contributed by atoms with Crippen LogP contribution in [-0.2, 0) is 16.0 Å². The first-order chi connectivity index (χ1) is 9.43. The van der Waals surface area contributed by atoms with Gasteiger partial charge in [-0.2, -0.15) is 0 Å². The monoisotopic (exact) mass is 277 g/mol. The molecule has 0 saturated carbocycles. The van der Waals surface area contributed by atoms with E-state index in [1.807, 2.05) is 38.2 Å². The summed E-state index contributed by atoms with van der Waals surface area (Å²) in [5, 5.41) is 5.83. The van der Waals surface area contributed by atoms with Crippen LogP contribution in [0.4, 0.5) is 5.69 Å². The molecule has 0 fully saturated rings. The van der Waals surface area contributed by atoms with E-state index in [1.54, 1.807) is 19.0 Å². The quantitative estimate of drug-likeness (QED) is 0.819. The summed E-state index contributed by atoms with van der Waals surface area (Å²) in [5.74, 6) is -0.0455. The second-order valence-electron chi connectivity index (χ2n) is 5.11. The zero-order chi connectivity index (χ0) is 15.1. The molecule has 0 saturated heterocycles. The smallest absolute Gasteiger partial charge is 0.228 e. The van der Waals surface area contributed by atoms with Gasteiger partial charge < -0.3 is 15.5 Å². The fourth-order valence-corrected chi connectivity index (χ4v) is 1.70. The van der Waals surface area contributed by atoms with Gasteiger partial charge in [0.15, 0.2) is 0 Å². The summed E-state index contributed by atoms with van der Waals surface area (Å²) in [5.41, 5.74) is 1.68. The van der Waals surface area contributed by atoms with E-state index < -0.39 is 0 Å². The summed E-state index contributed by atoms with van der Waals surface area (Å²) in [6.45, 7) is 2.51. The summed E-state index contributed by atoms with van der Waals surface area (Å²) in [7, 11) is 5.29. The van der Waals surface area contributed by atoms with Gasteiger partial charge >= 0.3 is 0 Å². The fraction of sp³-hybridized carbons (Fsp3) is 0.467. The molecule has 0 spiro atoms. The van der Waals surface area contributed by atoms with Gasteiger partial charge in [-0.1, -0.05) is 19.1 Å². The second-order valence-corrected chi connectivity index (χ2v) is 5.11. The van der Waals surface area contributed by atoms with Crippen molar-refractivity contribution in [1.82, 2.24) is 10.2 Å². The Labute approximate surface area is 120 Å². The zero-order valence-corrected chi connectivity index (χ0v) is 12.6. The van der Waals surface area contributed by atoms with Crippen LogP contribution in [0, 0.1) is 5.92 Å². The number of nitrogens with zero attached hydrogens (tertiary/aromatic N) is 1. The minimum atomic E-state index is -0.0880. The third-order valence-electron chi connectivity index (χ3n) is 3.03. The Morgan fingerprint density at radius 2 is 1.80 bits per heavy atom. The standard InChI is InChI=1S/C15H23N3O2/c1-11(10-16-2)15(20)17-13-7-5-12(6-8-13)9-14(19)18(3)4/h5-8,11,16H,9-10H2,1-4H3,(H,17,20). The molecule has 1 unspecified atom stereocenters. The van der Waals surface area contributed by atoms with E-state index in [2.05, 4.69) is 10.6 Å². The first kappa shape index (κ1) is 16.2. The van der Waals surface area contributed by atoms with Crippen molar-refractivity contribution >= 4 is 17.5 Å². The number of likely N-dealkylation sites (N-methyl/N-ethyl adjacent to an activating group) is 1. The lowest BCUT2D eigenvalue weighted by Gasteiger charge is -2.12. The van der Waals surface area contributed by atoms with Crippen molar-refractivity contribution in [3.63, 3.8) is 0 Å². The van der Waals surface area contributed by atoms with Crippen LogP contribution in [-0.4, -0.2) is 44.4 Å². The first-order valence-electron chi connectivity index (χ1n) is 6.68. The Balaban J connectivity index is 2.58. The summed E-state index contributed by atoms with van der Waals surface area (Å²) in [4.78, 5) is 25.0. The van der Waals surface area contributed by atoms with Crippen LogP contribution in [0.15, 0.2) is 24.3 Å². The van der Waals surface area contributed by atoms with Crippen LogP contribution < -0.4 is 10.6 Å². The van der Waals surface area contributed by atoms with Crippen LogP contribution in [0.3, 0.4) is 0 Å². The van der Waals surface area contributed by atoms with E-state index in [9.17, 15) is 9.59 Å². The molecular formula is C15H23N3O2. The molecule has 20 heavy (non-hydrogen) atoms. The van der Waals surface area contributed by atoms with E-state index in [0.717, 1.165) is 11.3 Å². The highest BCUT2D eigenvalue weighted by Crippen LogP contribution is 2.12. The number of nitrogens with one attached hydrogen (secondary N) is 2. The van der Waals surface area contributed by atoms with Gasteiger partial charge in [-0.25, -0.2) is 0 Å². The van der Waals surface area contributed by atoms with Crippen molar-refractivity contribution in [2.75, 3.05) is 33.0 Å². The Morgan fingerprint density at radius 1 is 1.20 bits per heavy atom. The molecule has 2 N–H and O–H groups in total. The molecule has 1 aromatic rings. The molecular weight excluding hydrogens is 254 g/mol. The van der Waals surface area contributed by atoms with Crippen LogP contribution in [0.2, 0.25) is 0 Å². The molecule has 0 heterocycles. The summed E-state index contributed by atoms with van der Waals surface area (Å²) in [6, 6.07) is 7.37. The number of amides is 2. The van der Waals surface area contributed by atoms with Crippen molar-refractivity contribution in [2.24, 2.45) is 5.92 Å². The average molecular weight is 277 g/mol. The number of hydrogen-bond donors (Lipinski definition) is 2. The SMILES string of the molecule is CNCC(C)C(=O)Nc1ccc(CC(=O)N(C)C)cc1. The minimum Gasteiger partial charge on any atom is -0.349 e. The van der Waals surface area contributed by atoms with E-state index in [1.165, 1.54) is 0 Å². The molecule has 1 atom stereocenters. The molecule has 1 rings (SSSR count). The summed E-state index contributed by atoms with van der Waals surface area (Å²) in [6.07, 6.45) is 0.372.